The SMILES string of the molecule is CC1CC(=O)N(C(C)(C)C)[C@@H]1C(=O)O. The molecule has 0 radical (unpaired) electrons. The molecule has 0 aromatic carbocycles. The van der Waals surface area contributed by atoms with Crippen molar-refractivity contribution < 1.29 is 14.7 Å². The summed E-state index contributed by atoms with van der Waals surface area (Å²) in [5.74, 6) is -1.06. The van der Waals surface area contributed by atoms with E-state index < -0.39 is 17.6 Å². The molecule has 0 aromatic heterocycles. The van der Waals surface area contributed by atoms with Gasteiger partial charge < -0.3 is 10.0 Å². The number of aliphatic carboxylic acids is 1. The van der Waals surface area contributed by atoms with Crippen molar-refractivity contribution in [3.8, 4) is 0 Å². The molecule has 0 spiro atoms. The molecule has 0 bridgehead atoms. The highest BCUT2D eigenvalue weighted by molar-refractivity contribution is 5.88. The Morgan fingerprint density at radius 2 is 2.00 bits per heavy atom. The number of carboxylic acids is 1. The minimum atomic E-state index is -0.904. The van der Waals surface area contributed by atoms with Gasteiger partial charge in [0.2, 0.25) is 5.91 Å². The van der Waals surface area contributed by atoms with Crippen LogP contribution in [0.15, 0.2) is 0 Å². The number of amides is 1. The van der Waals surface area contributed by atoms with Crippen LogP contribution in [0.5, 0.6) is 0 Å². The van der Waals surface area contributed by atoms with Crippen molar-refractivity contribution in [2.45, 2.75) is 45.7 Å². The Morgan fingerprint density at radius 3 is 2.29 bits per heavy atom. The van der Waals surface area contributed by atoms with Gasteiger partial charge in [0.05, 0.1) is 0 Å². The largest absolute Gasteiger partial charge is 0.480 e. The monoisotopic (exact) mass is 199 g/mol. The van der Waals surface area contributed by atoms with E-state index >= 15 is 0 Å². The second-order valence-electron chi connectivity index (χ2n) is 4.90. The van der Waals surface area contributed by atoms with E-state index in [2.05, 4.69) is 0 Å². The van der Waals surface area contributed by atoms with Gasteiger partial charge in [0.15, 0.2) is 0 Å². The van der Waals surface area contributed by atoms with Gasteiger partial charge in [0, 0.05) is 12.0 Å². The zero-order valence-electron chi connectivity index (χ0n) is 9.07. The summed E-state index contributed by atoms with van der Waals surface area (Å²) in [4.78, 5) is 24.1. The summed E-state index contributed by atoms with van der Waals surface area (Å²) in [6.07, 6.45) is 0.342. The smallest absolute Gasteiger partial charge is 0.326 e. The molecule has 4 nitrogen and oxygen atoms in total. The maximum absolute atomic E-state index is 11.6. The van der Waals surface area contributed by atoms with Crippen LogP contribution in [0.2, 0.25) is 0 Å². The van der Waals surface area contributed by atoms with E-state index in [1.807, 2.05) is 27.7 Å². The first-order chi connectivity index (χ1) is 6.25. The maximum Gasteiger partial charge on any atom is 0.326 e. The van der Waals surface area contributed by atoms with Gasteiger partial charge in [-0.1, -0.05) is 6.92 Å². The fourth-order valence-corrected chi connectivity index (χ4v) is 2.04. The summed E-state index contributed by atoms with van der Waals surface area (Å²) in [6, 6.07) is -0.664. The Kier molecular flexibility index (Phi) is 2.56. The van der Waals surface area contributed by atoms with Crippen molar-refractivity contribution in [2.24, 2.45) is 5.92 Å². The van der Waals surface area contributed by atoms with Crippen molar-refractivity contribution in [3.05, 3.63) is 0 Å². The third kappa shape index (κ3) is 1.74. The summed E-state index contributed by atoms with van der Waals surface area (Å²) in [6.45, 7) is 7.39. The van der Waals surface area contributed by atoms with Gasteiger partial charge in [-0.15, -0.1) is 0 Å². The topological polar surface area (TPSA) is 57.6 Å². The van der Waals surface area contributed by atoms with E-state index in [0.29, 0.717) is 6.42 Å². The molecule has 1 aliphatic heterocycles. The molecule has 1 rings (SSSR count). The van der Waals surface area contributed by atoms with Gasteiger partial charge in [-0.05, 0) is 26.7 Å². The lowest BCUT2D eigenvalue weighted by Gasteiger charge is -2.36. The van der Waals surface area contributed by atoms with E-state index in [-0.39, 0.29) is 11.8 Å². The van der Waals surface area contributed by atoms with E-state index in [0.717, 1.165) is 0 Å². The van der Waals surface area contributed by atoms with Crippen LogP contribution in [0.25, 0.3) is 0 Å². The molecule has 1 N–H and O–H groups in total. The van der Waals surface area contributed by atoms with Crippen molar-refractivity contribution in [1.82, 2.24) is 4.90 Å². The molecule has 0 aliphatic carbocycles. The molecule has 1 unspecified atom stereocenters. The molecule has 1 heterocycles. The fourth-order valence-electron chi connectivity index (χ4n) is 2.04. The van der Waals surface area contributed by atoms with Gasteiger partial charge in [0.1, 0.15) is 6.04 Å². The predicted octanol–water partition coefficient (Wildman–Crippen LogP) is 1.11. The van der Waals surface area contributed by atoms with Crippen LogP contribution in [-0.4, -0.2) is 33.5 Å². The van der Waals surface area contributed by atoms with Gasteiger partial charge in [-0.2, -0.15) is 0 Å². The second-order valence-corrected chi connectivity index (χ2v) is 4.90. The van der Waals surface area contributed by atoms with Crippen LogP contribution < -0.4 is 0 Å². The summed E-state index contributed by atoms with van der Waals surface area (Å²) >= 11 is 0. The summed E-state index contributed by atoms with van der Waals surface area (Å²) in [7, 11) is 0. The van der Waals surface area contributed by atoms with Crippen molar-refractivity contribution in [3.63, 3.8) is 0 Å². The molecule has 1 fully saturated rings. The zero-order valence-corrected chi connectivity index (χ0v) is 9.07. The molecule has 1 amide bonds. The van der Waals surface area contributed by atoms with E-state index in [4.69, 9.17) is 5.11 Å². The molecule has 14 heavy (non-hydrogen) atoms. The summed E-state index contributed by atoms with van der Waals surface area (Å²) in [5, 5.41) is 9.04. The summed E-state index contributed by atoms with van der Waals surface area (Å²) in [5.41, 5.74) is -0.412. The van der Waals surface area contributed by atoms with E-state index in [1.54, 1.807) is 0 Å². The molecule has 2 atom stereocenters. The third-order valence-electron chi connectivity index (χ3n) is 2.56. The molecular weight excluding hydrogens is 182 g/mol. The maximum atomic E-state index is 11.6. The van der Waals surface area contributed by atoms with Crippen LogP contribution in [0.1, 0.15) is 34.1 Å². The van der Waals surface area contributed by atoms with Crippen LogP contribution in [0.4, 0.5) is 0 Å². The van der Waals surface area contributed by atoms with Gasteiger partial charge in [0.25, 0.3) is 0 Å². The number of rotatable bonds is 1. The average Bonchev–Trinajstić information content (AvgIpc) is 2.23. The molecule has 4 heteroatoms. The normalized spacial score (nSPS) is 28.3. The molecular formula is C10H17NO3. The van der Waals surface area contributed by atoms with E-state index in [1.165, 1.54) is 4.90 Å². The number of hydrogen-bond donors (Lipinski definition) is 1. The minimum Gasteiger partial charge on any atom is -0.480 e. The first-order valence-corrected chi connectivity index (χ1v) is 4.80. The second kappa shape index (κ2) is 3.26. The van der Waals surface area contributed by atoms with Crippen molar-refractivity contribution in [1.29, 1.82) is 0 Å². The van der Waals surface area contributed by atoms with Crippen LogP contribution in [0, 0.1) is 5.92 Å². The standard InChI is InChI=1S/C10H17NO3/c1-6-5-7(12)11(10(2,3)4)8(6)9(13)14/h6,8H,5H2,1-4H3,(H,13,14)/t6?,8-/m0/s1. The van der Waals surface area contributed by atoms with Gasteiger partial charge in [-0.25, -0.2) is 4.79 Å². The third-order valence-corrected chi connectivity index (χ3v) is 2.56. The Bertz CT molecular complexity index is 267. The Hall–Kier alpha value is -1.06. The minimum absolute atomic E-state index is 0.0580. The van der Waals surface area contributed by atoms with Crippen molar-refractivity contribution >= 4 is 11.9 Å². The highest BCUT2D eigenvalue weighted by Gasteiger charge is 2.46. The molecule has 0 saturated carbocycles. The number of nitrogens with zero attached hydrogens (tertiary/aromatic N) is 1. The molecule has 80 valence electrons. The number of likely N-dealkylation sites (tertiary alicyclic amines) is 1. The van der Waals surface area contributed by atoms with Gasteiger partial charge >= 0.3 is 5.97 Å². The Labute approximate surface area is 83.9 Å². The van der Waals surface area contributed by atoms with Crippen molar-refractivity contribution in [2.75, 3.05) is 0 Å². The zero-order chi connectivity index (χ0) is 11.1. The summed E-state index contributed by atoms with van der Waals surface area (Å²) < 4.78 is 0. The first-order valence-electron chi connectivity index (χ1n) is 4.80. The lowest BCUT2D eigenvalue weighted by molar-refractivity contribution is -0.150. The average molecular weight is 199 g/mol. The van der Waals surface area contributed by atoms with Crippen LogP contribution in [0.3, 0.4) is 0 Å². The first kappa shape index (κ1) is 11.0. The molecule has 1 aliphatic rings. The van der Waals surface area contributed by atoms with Gasteiger partial charge in [-0.3, -0.25) is 4.79 Å². The predicted molar refractivity (Wildman–Crippen MR) is 51.8 cm³/mol. The Morgan fingerprint density at radius 1 is 1.50 bits per heavy atom. The lowest BCUT2D eigenvalue weighted by atomic mass is 10.00. The fraction of sp³-hybridized carbons (Fsp3) is 0.800. The molecule has 0 aromatic rings. The molecule has 1 saturated heterocycles. The number of hydrogen-bond acceptors (Lipinski definition) is 2. The highest BCUT2D eigenvalue weighted by Crippen LogP contribution is 2.31. The number of carboxylic acid groups (broad SMARTS) is 1. The highest BCUT2D eigenvalue weighted by atomic mass is 16.4. The number of carbonyl (C=O) groups is 2. The lowest BCUT2D eigenvalue weighted by Crippen LogP contribution is -2.51. The Balaban J connectivity index is 3.01. The van der Waals surface area contributed by atoms with E-state index in [9.17, 15) is 9.59 Å². The van der Waals surface area contributed by atoms with Crippen LogP contribution >= 0.6 is 0 Å². The van der Waals surface area contributed by atoms with Crippen LogP contribution in [-0.2, 0) is 9.59 Å². The number of carbonyl (C=O) groups excluding carboxylic acids is 1. The quantitative estimate of drug-likeness (QED) is 0.688.